The smallest absolute Gasteiger partial charge is 0.266 e. The van der Waals surface area contributed by atoms with Gasteiger partial charge in [0.05, 0.1) is 18.2 Å². The fourth-order valence-electron chi connectivity index (χ4n) is 2.58. The number of benzene rings is 2. The van der Waals surface area contributed by atoms with E-state index in [9.17, 15) is 8.42 Å². The SMILES string of the molecule is COc1ccc(-n2cccn2)cc1S(=O)(=O)Nc1noc2ccccc12. The van der Waals surface area contributed by atoms with Gasteiger partial charge in [-0.05, 0) is 36.4 Å². The number of hydrogen-bond acceptors (Lipinski definition) is 6. The molecule has 0 unspecified atom stereocenters. The van der Waals surface area contributed by atoms with Crippen molar-refractivity contribution < 1.29 is 17.7 Å². The van der Waals surface area contributed by atoms with Crippen LogP contribution in [0.15, 0.2) is 70.3 Å². The number of para-hydroxylation sites is 1. The van der Waals surface area contributed by atoms with E-state index in [2.05, 4.69) is 15.0 Å². The van der Waals surface area contributed by atoms with Crippen LogP contribution in [0.1, 0.15) is 0 Å². The molecule has 0 spiro atoms. The Labute approximate surface area is 149 Å². The van der Waals surface area contributed by atoms with E-state index in [1.54, 1.807) is 59.5 Å². The molecule has 0 atom stereocenters. The van der Waals surface area contributed by atoms with Crippen molar-refractivity contribution in [3.8, 4) is 11.4 Å². The lowest BCUT2D eigenvalue weighted by Gasteiger charge is -2.12. The summed E-state index contributed by atoms with van der Waals surface area (Å²) in [5.41, 5.74) is 1.07. The maximum absolute atomic E-state index is 12.9. The molecule has 9 heteroatoms. The second-order valence-corrected chi connectivity index (χ2v) is 7.07. The normalized spacial score (nSPS) is 11.6. The van der Waals surface area contributed by atoms with Gasteiger partial charge in [-0.25, -0.2) is 13.1 Å². The molecule has 4 rings (SSSR count). The number of anilines is 1. The van der Waals surface area contributed by atoms with Crippen molar-refractivity contribution in [3.05, 3.63) is 60.9 Å². The van der Waals surface area contributed by atoms with E-state index in [4.69, 9.17) is 9.26 Å². The fraction of sp³-hybridized carbons (Fsp3) is 0.0588. The van der Waals surface area contributed by atoms with Crippen molar-refractivity contribution in [2.75, 3.05) is 11.8 Å². The third-order valence-electron chi connectivity index (χ3n) is 3.81. The minimum atomic E-state index is -3.97. The van der Waals surface area contributed by atoms with Crippen molar-refractivity contribution >= 4 is 26.8 Å². The highest BCUT2D eigenvalue weighted by Crippen LogP contribution is 2.30. The van der Waals surface area contributed by atoms with Gasteiger partial charge in [-0.2, -0.15) is 5.10 Å². The molecular weight excluding hydrogens is 356 g/mol. The Morgan fingerprint density at radius 1 is 1.15 bits per heavy atom. The molecular formula is C17H14N4O4S. The van der Waals surface area contributed by atoms with E-state index in [1.165, 1.54) is 13.2 Å². The van der Waals surface area contributed by atoms with Crippen LogP contribution in [-0.2, 0) is 10.0 Å². The van der Waals surface area contributed by atoms with Gasteiger partial charge >= 0.3 is 0 Å². The molecule has 8 nitrogen and oxygen atoms in total. The number of nitrogens with one attached hydrogen (secondary N) is 1. The van der Waals surface area contributed by atoms with Crippen LogP contribution in [0.2, 0.25) is 0 Å². The second kappa shape index (κ2) is 6.19. The van der Waals surface area contributed by atoms with Crippen LogP contribution in [0, 0.1) is 0 Å². The van der Waals surface area contributed by atoms with Crippen LogP contribution < -0.4 is 9.46 Å². The topological polar surface area (TPSA) is 99.2 Å². The Kier molecular flexibility index (Phi) is 3.85. The maximum Gasteiger partial charge on any atom is 0.266 e. The van der Waals surface area contributed by atoms with E-state index in [-0.39, 0.29) is 16.5 Å². The lowest BCUT2D eigenvalue weighted by molar-refractivity contribution is 0.402. The average Bonchev–Trinajstić information content (AvgIpc) is 3.32. The van der Waals surface area contributed by atoms with Crippen molar-refractivity contribution in [1.29, 1.82) is 0 Å². The highest BCUT2D eigenvalue weighted by molar-refractivity contribution is 7.92. The molecule has 0 fully saturated rings. The number of aromatic nitrogens is 3. The van der Waals surface area contributed by atoms with E-state index >= 15 is 0 Å². The van der Waals surface area contributed by atoms with Crippen molar-refractivity contribution in [2.45, 2.75) is 4.90 Å². The van der Waals surface area contributed by atoms with Gasteiger partial charge in [-0.15, -0.1) is 0 Å². The molecule has 132 valence electrons. The predicted octanol–water partition coefficient (Wildman–Crippen LogP) is 2.82. The fourth-order valence-corrected chi connectivity index (χ4v) is 3.79. The van der Waals surface area contributed by atoms with Crippen molar-refractivity contribution in [3.63, 3.8) is 0 Å². The summed E-state index contributed by atoms with van der Waals surface area (Å²) in [5.74, 6) is 0.327. The van der Waals surface area contributed by atoms with Crippen molar-refractivity contribution in [1.82, 2.24) is 14.9 Å². The number of sulfonamides is 1. The second-order valence-electron chi connectivity index (χ2n) is 5.42. The van der Waals surface area contributed by atoms with Gasteiger partial charge in [0.25, 0.3) is 10.0 Å². The highest BCUT2D eigenvalue weighted by atomic mass is 32.2. The largest absolute Gasteiger partial charge is 0.495 e. The third-order valence-corrected chi connectivity index (χ3v) is 5.17. The summed E-state index contributed by atoms with van der Waals surface area (Å²) in [7, 11) is -2.56. The van der Waals surface area contributed by atoms with Crippen LogP contribution in [0.5, 0.6) is 5.75 Å². The minimum Gasteiger partial charge on any atom is -0.495 e. The number of fused-ring (bicyclic) bond motifs is 1. The Hall–Kier alpha value is -3.33. The first-order chi connectivity index (χ1) is 12.6. The lowest BCUT2D eigenvalue weighted by atomic mass is 10.2. The van der Waals surface area contributed by atoms with E-state index < -0.39 is 10.0 Å². The summed E-state index contributed by atoms with van der Waals surface area (Å²) in [5, 5.41) is 8.49. The number of rotatable bonds is 5. The summed E-state index contributed by atoms with van der Waals surface area (Å²) in [6, 6.07) is 13.5. The molecule has 0 saturated heterocycles. The third kappa shape index (κ3) is 2.78. The maximum atomic E-state index is 12.9. The summed E-state index contributed by atoms with van der Waals surface area (Å²) < 4.78 is 40.3. The zero-order chi connectivity index (χ0) is 18.1. The van der Waals surface area contributed by atoms with Gasteiger partial charge in [0, 0.05) is 12.4 Å². The number of hydrogen-bond donors (Lipinski definition) is 1. The van der Waals surface area contributed by atoms with Crippen LogP contribution in [0.3, 0.4) is 0 Å². The minimum absolute atomic E-state index is 0.0277. The molecule has 2 aromatic heterocycles. The Bertz CT molecular complexity index is 1170. The molecule has 0 aliphatic carbocycles. The van der Waals surface area contributed by atoms with Gasteiger partial charge in [0.1, 0.15) is 10.6 Å². The van der Waals surface area contributed by atoms with Gasteiger partial charge in [0.15, 0.2) is 11.4 Å². The highest BCUT2D eigenvalue weighted by Gasteiger charge is 2.23. The number of methoxy groups -OCH3 is 1. The first kappa shape index (κ1) is 16.2. The molecule has 1 N–H and O–H groups in total. The van der Waals surface area contributed by atoms with Gasteiger partial charge in [-0.3, -0.25) is 4.72 Å². The zero-order valence-corrected chi connectivity index (χ0v) is 14.5. The first-order valence-corrected chi connectivity index (χ1v) is 9.12. The number of ether oxygens (including phenoxy) is 1. The first-order valence-electron chi connectivity index (χ1n) is 7.64. The summed E-state index contributed by atoms with van der Waals surface area (Å²) >= 11 is 0. The zero-order valence-electron chi connectivity index (χ0n) is 13.7. The summed E-state index contributed by atoms with van der Waals surface area (Å²) in [4.78, 5) is -0.0277. The predicted molar refractivity (Wildman–Crippen MR) is 94.9 cm³/mol. The lowest BCUT2D eigenvalue weighted by Crippen LogP contribution is -2.15. The van der Waals surface area contributed by atoms with Crippen LogP contribution >= 0.6 is 0 Å². The Morgan fingerprint density at radius 3 is 2.77 bits per heavy atom. The van der Waals surface area contributed by atoms with E-state index in [0.29, 0.717) is 16.7 Å². The van der Waals surface area contributed by atoms with Crippen LogP contribution in [0.4, 0.5) is 5.82 Å². The van der Waals surface area contributed by atoms with Gasteiger partial charge in [-0.1, -0.05) is 17.3 Å². The van der Waals surface area contributed by atoms with E-state index in [1.807, 2.05) is 0 Å². The number of nitrogens with zero attached hydrogens (tertiary/aromatic N) is 3. The molecule has 2 aromatic carbocycles. The molecule has 2 heterocycles. The molecule has 0 saturated carbocycles. The Balaban J connectivity index is 1.78. The quantitative estimate of drug-likeness (QED) is 0.580. The van der Waals surface area contributed by atoms with E-state index in [0.717, 1.165) is 0 Å². The monoisotopic (exact) mass is 370 g/mol. The standard InChI is InChI=1S/C17H14N4O4S/c1-24-15-8-7-12(21-10-4-9-18-21)11-16(15)26(22,23)20-17-13-5-2-3-6-14(13)25-19-17/h2-11H,1H3,(H,19,20). The average molecular weight is 370 g/mol. The molecule has 0 aliphatic rings. The molecule has 4 aromatic rings. The molecule has 26 heavy (non-hydrogen) atoms. The molecule has 0 radical (unpaired) electrons. The summed E-state index contributed by atoms with van der Waals surface area (Å²) in [6.07, 6.45) is 3.33. The van der Waals surface area contributed by atoms with Gasteiger partial charge in [0.2, 0.25) is 0 Å². The molecule has 0 aliphatic heterocycles. The molecule has 0 amide bonds. The Morgan fingerprint density at radius 2 is 2.00 bits per heavy atom. The summed E-state index contributed by atoms with van der Waals surface area (Å²) in [6.45, 7) is 0. The molecule has 0 bridgehead atoms. The van der Waals surface area contributed by atoms with Crippen LogP contribution in [-0.4, -0.2) is 30.5 Å². The van der Waals surface area contributed by atoms with Gasteiger partial charge < -0.3 is 9.26 Å². The van der Waals surface area contributed by atoms with Crippen molar-refractivity contribution in [2.24, 2.45) is 0 Å². The van der Waals surface area contributed by atoms with Crippen LogP contribution in [0.25, 0.3) is 16.7 Å².